The van der Waals surface area contributed by atoms with Gasteiger partial charge in [0.25, 0.3) is 0 Å². The highest BCUT2D eigenvalue weighted by atomic mass is 16.3. The largest absolute Gasteiger partial charge is 0.385 e. The van der Waals surface area contributed by atoms with E-state index in [1.54, 1.807) is 0 Å². The average molecular weight is 247 g/mol. The van der Waals surface area contributed by atoms with Crippen LogP contribution in [0.1, 0.15) is 39.7 Å². The first-order chi connectivity index (χ1) is 8.45. The maximum absolute atomic E-state index is 11.1. The third-order valence-electron chi connectivity index (χ3n) is 4.41. The van der Waals surface area contributed by atoms with Gasteiger partial charge in [0.15, 0.2) is 0 Å². The molecule has 0 amide bonds. The summed E-state index contributed by atoms with van der Waals surface area (Å²) < 4.78 is 0. The molecular formula is C16H25NO. The van der Waals surface area contributed by atoms with Gasteiger partial charge in [-0.3, -0.25) is 4.90 Å². The SMILES string of the molecule is CC(C)N1C[C@@H](C)[C@@](O)(c2ccccc2)C[C@@H]1C. The van der Waals surface area contributed by atoms with Crippen LogP contribution in [0, 0.1) is 5.92 Å². The number of aliphatic hydroxyl groups is 1. The smallest absolute Gasteiger partial charge is 0.0948 e. The van der Waals surface area contributed by atoms with E-state index in [-0.39, 0.29) is 5.92 Å². The number of nitrogens with zero attached hydrogens (tertiary/aromatic N) is 1. The fourth-order valence-corrected chi connectivity index (χ4v) is 3.26. The van der Waals surface area contributed by atoms with Gasteiger partial charge in [0.1, 0.15) is 0 Å². The van der Waals surface area contributed by atoms with E-state index in [4.69, 9.17) is 0 Å². The Morgan fingerprint density at radius 3 is 2.39 bits per heavy atom. The van der Waals surface area contributed by atoms with Gasteiger partial charge in [-0.25, -0.2) is 0 Å². The molecule has 2 nitrogen and oxygen atoms in total. The molecular weight excluding hydrogens is 222 g/mol. The van der Waals surface area contributed by atoms with Crippen molar-refractivity contribution in [1.82, 2.24) is 4.90 Å². The quantitative estimate of drug-likeness (QED) is 0.868. The van der Waals surface area contributed by atoms with Crippen molar-refractivity contribution < 1.29 is 5.11 Å². The summed E-state index contributed by atoms with van der Waals surface area (Å²) in [7, 11) is 0. The van der Waals surface area contributed by atoms with Crippen LogP contribution in [-0.2, 0) is 5.60 Å². The Kier molecular flexibility index (Phi) is 3.79. The minimum atomic E-state index is -0.675. The van der Waals surface area contributed by atoms with Crippen molar-refractivity contribution >= 4 is 0 Å². The molecule has 2 heteroatoms. The van der Waals surface area contributed by atoms with Crippen LogP contribution in [0.4, 0.5) is 0 Å². The maximum Gasteiger partial charge on any atom is 0.0948 e. The Morgan fingerprint density at radius 2 is 1.83 bits per heavy atom. The van der Waals surface area contributed by atoms with Gasteiger partial charge in [0.05, 0.1) is 5.60 Å². The number of benzene rings is 1. The van der Waals surface area contributed by atoms with E-state index in [0.29, 0.717) is 12.1 Å². The molecule has 0 aromatic heterocycles. The van der Waals surface area contributed by atoms with E-state index in [1.165, 1.54) is 0 Å². The van der Waals surface area contributed by atoms with Crippen LogP contribution in [-0.4, -0.2) is 28.6 Å². The molecule has 1 heterocycles. The molecule has 0 spiro atoms. The minimum Gasteiger partial charge on any atom is -0.385 e. The molecule has 100 valence electrons. The fourth-order valence-electron chi connectivity index (χ4n) is 3.26. The number of rotatable bonds is 2. The molecule has 0 aliphatic carbocycles. The minimum absolute atomic E-state index is 0.262. The maximum atomic E-state index is 11.1. The van der Waals surface area contributed by atoms with Gasteiger partial charge in [-0.1, -0.05) is 37.3 Å². The lowest BCUT2D eigenvalue weighted by Gasteiger charge is -2.48. The molecule has 1 saturated heterocycles. The third-order valence-corrected chi connectivity index (χ3v) is 4.41. The molecule has 1 N–H and O–H groups in total. The monoisotopic (exact) mass is 247 g/mol. The second kappa shape index (κ2) is 5.02. The van der Waals surface area contributed by atoms with E-state index in [1.807, 2.05) is 30.3 Å². The highest BCUT2D eigenvalue weighted by molar-refractivity contribution is 5.24. The van der Waals surface area contributed by atoms with Gasteiger partial charge in [0, 0.05) is 24.5 Å². The summed E-state index contributed by atoms with van der Waals surface area (Å²) in [5, 5.41) is 11.1. The van der Waals surface area contributed by atoms with E-state index in [2.05, 4.69) is 32.6 Å². The van der Waals surface area contributed by atoms with Gasteiger partial charge in [-0.05, 0) is 32.8 Å². The Balaban J connectivity index is 2.26. The van der Waals surface area contributed by atoms with Crippen molar-refractivity contribution in [1.29, 1.82) is 0 Å². The van der Waals surface area contributed by atoms with Gasteiger partial charge in [-0.15, -0.1) is 0 Å². The van der Waals surface area contributed by atoms with Gasteiger partial charge >= 0.3 is 0 Å². The van der Waals surface area contributed by atoms with Crippen molar-refractivity contribution in [2.24, 2.45) is 5.92 Å². The molecule has 3 atom stereocenters. The predicted molar refractivity (Wildman–Crippen MR) is 75.4 cm³/mol. The van der Waals surface area contributed by atoms with Crippen molar-refractivity contribution in [2.75, 3.05) is 6.54 Å². The lowest BCUT2D eigenvalue weighted by molar-refractivity contribution is -0.0974. The van der Waals surface area contributed by atoms with Crippen LogP contribution < -0.4 is 0 Å². The summed E-state index contributed by atoms with van der Waals surface area (Å²) in [5.41, 5.74) is 0.388. The van der Waals surface area contributed by atoms with Crippen LogP contribution in [0.5, 0.6) is 0 Å². The first kappa shape index (κ1) is 13.6. The summed E-state index contributed by atoms with van der Waals surface area (Å²) in [6.07, 6.45) is 0.816. The van der Waals surface area contributed by atoms with E-state index in [9.17, 15) is 5.11 Å². The Labute approximate surface area is 111 Å². The van der Waals surface area contributed by atoms with Crippen LogP contribution >= 0.6 is 0 Å². The normalized spacial score (nSPS) is 33.9. The second-order valence-corrected chi connectivity index (χ2v) is 6.04. The molecule has 1 aliphatic heterocycles. The van der Waals surface area contributed by atoms with Crippen molar-refractivity contribution in [3.63, 3.8) is 0 Å². The van der Waals surface area contributed by atoms with Crippen molar-refractivity contribution in [3.05, 3.63) is 35.9 Å². The molecule has 0 saturated carbocycles. The zero-order chi connectivity index (χ0) is 13.3. The summed E-state index contributed by atoms with van der Waals surface area (Å²) in [6, 6.07) is 11.1. The summed E-state index contributed by atoms with van der Waals surface area (Å²) in [5.74, 6) is 0.262. The van der Waals surface area contributed by atoms with Crippen LogP contribution in [0.3, 0.4) is 0 Å². The zero-order valence-electron chi connectivity index (χ0n) is 11.9. The van der Waals surface area contributed by atoms with Gasteiger partial charge < -0.3 is 5.11 Å². The number of likely N-dealkylation sites (tertiary alicyclic amines) is 1. The predicted octanol–water partition coefficient (Wildman–Crippen LogP) is 3.01. The molecule has 1 fully saturated rings. The summed E-state index contributed by atoms with van der Waals surface area (Å²) >= 11 is 0. The van der Waals surface area contributed by atoms with Crippen LogP contribution in [0.15, 0.2) is 30.3 Å². The standard InChI is InChI=1S/C16H25NO/c1-12(2)17-11-13(3)16(18,10-14(17)4)15-8-6-5-7-9-15/h5-9,12-14,18H,10-11H2,1-4H3/t13-,14+,16-/m1/s1. The fraction of sp³-hybridized carbons (Fsp3) is 0.625. The highest BCUT2D eigenvalue weighted by Crippen LogP contribution is 2.40. The highest BCUT2D eigenvalue weighted by Gasteiger charge is 2.43. The van der Waals surface area contributed by atoms with E-state index in [0.717, 1.165) is 18.5 Å². The van der Waals surface area contributed by atoms with Crippen LogP contribution in [0.25, 0.3) is 0 Å². The van der Waals surface area contributed by atoms with E-state index >= 15 is 0 Å². The first-order valence-corrected chi connectivity index (χ1v) is 6.99. The molecule has 1 aliphatic rings. The topological polar surface area (TPSA) is 23.5 Å². The molecule has 0 unspecified atom stereocenters. The number of hydrogen-bond acceptors (Lipinski definition) is 2. The zero-order valence-corrected chi connectivity index (χ0v) is 11.9. The molecule has 0 bridgehead atoms. The lowest BCUT2D eigenvalue weighted by atomic mass is 9.74. The Bertz CT molecular complexity index is 389. The summed E-state index contributed by atoms with van der Waals surface area (Å²) in [6.45, 7) is 9.81. The number of piperidine rings is 1. The lowest BCUT2D eigenvalue weighted by Crippen LogP contribution is -2.55. The van der Waals surface area contributed by atoms with Crippen molar-refractivity contribution in [3.8, 4) is 0 Å². The van der Waals surface area contributed by atoms with Gasteiger partial charge in [0.2, 0.25) is 0 Å². The van der Waals surface area contributed by atoms with Crippen molar-refractivity contribution in [2.45, 2.75) is 51.8 Å². The average Bonchev–Trinajstić information content (AvgIpc) is 2.34. The Hall–Kier alpha value is -0.860. The Morgan fingerprint density at radius 1 is 1.22 bits per heavy atom. The molecule has 0 radical (unpaired) electrons. The molecule has 18 heavy (non-hydrogen) atoms. The number of hydrogen-bond donors (Lipinski definition) is 1. The molecule has 1 aromatic rings. The first-order valence-electron chi connectivity index (χ1n) is 6.99. The van der Waals surface area contributed by atoms with Gasteiger partial charge in [-0.2, -0.15) is 0 Å². The second-order valence-electron chi connectivity index (χ2n) is 6.04. The summed E-state index contributed by atoms with van der Waals surface area (Å²) in [4.78, 5) is 2.49. The van der Waals surface area contributed by atoms with Crippen LogP contribution in [0.2, 0.25) is 0 Å². The molecule has 1 aromatic carbocycles. The molecule has 2 rings (SSSR count). The van der Waals surface area contributed by atoms with E-state index < -0.39 is 5.60 Å². The third kappa shape index (κ3) is 2.32.